The van der Waals surface area contributed by atoms with Crippen molar-refractivity contribution in [3.63, 3.8) is 0 Å². The Kier molecular flexibility index (Phi) is 2.72. The molecule has 0 bridgehead atoms. The zero-order chi connectivity index (χ0) is 8.43. The summed E-state index contributed by atoms with van der Waals surface area (Å²) in [5.41, 5.74) is 7.28. The molecule has 1 heteroatoms. The summed E-state index contributed by atoms with van der Waals surface area (Å²) in [6.07, 6.45) is 3.72. The number of allylic oxidation sites excluding steroid dienone is 1. The van der Waals surface area contributed by atoms with Crippen molar-refractivity contribution in [3.8, 4) is 0 Å². The van der Waals surface area contributed by atoms with Gasteiger partial charge in [0.2, 0.25) is 0 Å². The van der Waals surface area contributed by atoms with Crippen LogP contribution in [0.15, 0.2) is 12.2 Å². The second kappa shape index (κ2) is 3.40. The van der Waals surface area contributed by atoms with Crippen LogP contribution in [0.1, 0.15) is 33.1 Å². The van der Waals surface area contributed by atoms with E-state index in [0.717, 1.165) is 6.42 Å². The zero-order valence-corrected chi connectivity index (χ0v) is 7.64. The summed E-state index contributed by atoms with van der Waals surface area (Å²) in [5.74, 6) is 1.41. The van der Waals surface area contributed by atoms with Crippen LogP contribution < -0.4 is 5.73 Å². The topological polar surface area (TPSA) is 26.0 Å². The van der Waals surface area contributed by atoms with Gasteiger partial charge in [-0.3, -0.25) is 0 Å². The highest BCUT2D eigenvalue weighted by atomic mass is 14.7. The first-order valence-corrected chi connectivity index (χ1v) is 4.52. The van der Waals surface area contributed by atoms with E-state index >= 15 is 0 Å². The number of rotatable bonds is 1. The van der Waals surface area contributed by atoms with Gasteiger partial charge < -0.3 is 5.73 Å². The Morgan fingerprint density at radius 1 is 1.45 bits per heavy atom. The van der Waals surface area contributed by atoms with Crippen molar-refractivity contribution >= 4 is 0 Å². The molecule has 0 aromatic heterocycles. The van der Waals surface area contributed by atoms with Crippen LogP contribution in [-0.4, -0.2) is 6.04 Å². The molecule has 0 aliphatic heterocycles. The first kappa shape index (κ1) is 8.79. The average molecular weight is 153 g/mol. The molecule has 2 N–H and O–H groups in total. The molecule has 0 spiro atoms. The van der Waals surface area contributed by atoms with Crippen LogP contribution in [0, 0.1) is 11.8 Å². The maximum Gasteiger partial charge on any atom is 0.00702 e. The molecule has 2 unspecified atom stereocenters. The Bertz CT molecular complexity index is 151. The molecule has 0 heterocycles. The molecule has 0 aromatic carbocycles. The number of hydrogen-bond acceptors (Lipinski definition) is 1. The second-order valence-electron chi connectivity index (χ2n) is 4.00. The van der Waals surface area contributed by atoms with Crippen molar-refractivity contribution < 1.29 is 0 Å². The van der Waals surface area contributed by atoms with Gasteiger partial charge in [0.1, 0.15) is 0 Å². The van der Waals surface area contributed by atoms with Crippen LogP contribution in [0.25, 0.3) is 0 Å². The maximum absolute atomic E-state index is 5.97. The highest BCUT2D eigenvalue weighted by Crippen LogP contribution is 2.31. The molecule has 1 aliphatic carbocycles. The number of nitrogens with two attached hydrogens (primary N) is 1. The quantitative estimate of drug-likeness (QED) is 0.575. The largest absolute Gasteiger partial charge is 0.327 e. The Balaban J connectivity index is 2.46. The van der Waals surface area contributed by atoms with E-state index in [1.165, 1.54) is 18.4 Å². The first-order chi connectivity index (χ1) is 5.11. The Morgan fingerprint density at radius 2 is 2.09 bits per heavy atom. The van der Waals surface area contributed by atoms with Gasteiger partial charge >= 0.3 is 0 Å². The van der Waals surface area contributed by atoms with E-state index in [-0.39, 0.29) is 0 Å². The van der Waals surface area contributed by atoms with E-state index in [4.69, 9.17) is 5.73 Å². The van der Waals surface area contributed by atoms with Gasteiger partial charge in [0, 0.05) is 6.04 Å². The maximum atomic E-state index is 5.97. The molecule has 64 valence electrons. The highest BCUT2D eigenvalue weighted by Gasteiger charge is 2.24. The summed E-state index contributed by atoms with van der Waals surface area (Å²) >= 11 is 0. The molecular formula is C10H19N. The van der Waals surface area contributed by atoms with Gasteiger partial charge in [-0.05, 0) is 38.0 Å². The van der Waals surface area contributed by atoms with Crippen LogP contribution >= 0.6 is 0 Å². The lowest BCUT2D eigenvalue weighted by Crippen LogP contribution is -2.35. The van der Waals surface area contributed by atoms with E-state index in [0.29, 0.717) is 17.9 Å². The summed E-state index contributed by atoms with van der Waals surface area (Å²) < 4.78 is 0. The van der Waals surface area contributed by atoms with Crippen molar-refractivity contribution in [1.82, 2.24) is 0 Å². The summed E-state index contributed by atoms with van der Waals surface area (Å²) in [4.78, 5) is 0. The van der Waals surface area contributed by atoms with Crippen molar-refractivity contribution in [3.05, 3.63) is 12.2 Å². The lowest BCUT2D eigenvalue weighted by Gasteiger charge is -2.32. The first-order valence-electron chi connectivity index (χ1n) is 4.52. The summed E-state index contributed by atoms with van der Waals surface area (Å²) in [6, 6.07) is 0.408. The predicted octanol–water partition coefficient (Wildman–Crippen LogP) is 2.33. The fourth-order valence-electron chi connectivity index (χ4n) is 1.80. The van der Waals surface area contributed by atoms with Crippen LogP contribution in [0.3, 0.4) is 0 Å². The molecule has 1 aliphatic rings. The van der Waals surface area contributed by atoms with Crippen molar-refractivity contribution in [2.24, 2.45) is 17.6 Å². The smallest absolute Gasteiger partial charge is 0.00702 e. The van der Waals surface area contributed by atoms with E-state index < -0.39 is 0 Å². The predicted molar refractivity (Wildman–Crippen MR) is 49.3 cm³/mol. The van der Waals surface area contributed by atoms with Gasteiger partial charge in [-0.1, -0.05) is 19.1 Å². The van der Waals surface area contributed by atoms with Crippen LogP contribution in [0.2, 0.25) is 0 Å². The lowest BCUT2D eigenvalue weighted by molar-refractivity contribution is 0.277. The normalized spacial score (nSPS) is 38.6. The summed E-state index contributed by atoms with van der Waals surface area (Å²) in [7, 11) is 0. The Labute approximate surface area is 69.7 Å². The molecule has 3 atom stereocenters. The molecule has 1 fully saturated rings. The Morgan fingerprint density at radius 3 is 2.55 bits per heavy atom. The standard InChI is InChI=1S/C10H19N/c1-7(2)9-5-4-8(3)10(11)6-9/h8-10H,1,4-6,11H2,2-3H3/t8?,9-,10?/m1/s1. The fourth-order valence-corrected chi connectivity index (χ4v) is 1.80. The average Bonchev–Trinajstić information content (AvgIpc) is 1.94. The zero-order valence-electron chi connectivity index (χ0n) is 7.64. The minimum atomic E-state index is 0.408. The lowest BCUT2D eigenvalue weighted by atomic mass is 9.77. The highest BCUT2D eigenvalue weighted by molar-refractivity contribution is 5.00. The molecule has 11 heavy (non-hydrogen) atoms. The van der Waals surface area contributed by atoms with Gasteiger partial charge in [0.25, 0.3) is 0 Å². The van der Waals surface area contributed by atoms with Crippen LogP contribution in [-0.2, 0) is 0 Å². The molecule has 0 amide bonds. The SMILES string of the molecule is C=C(C)[C@@H]1CCC(C)C(N)C1. The van der Waals surface area contributed by atoms with E-state index in [1.807, 2.05) is 0 Å². The van der Waals surface area contributed by atoms with E-state index in [9.17, 15) is 0 Å². The third-order valence-corrected chi connectivity index (χ3v) is 2.95. The van der Waals surface area contributed by atoms with Gasteiger partial charge in [0.05, 0.1) is 0 Å². The van der Waals surface area contributed by atoms with Gasteiger partial charge in [-0.2, -0.15) is 0 Å². The monoisotopic (exact) mass is 153 g/mol. The molecule has 0 aromatic rings. The minimum Gasteiger partial charge on any atom is -0.327 e. The third-order valence-electron chi connectivity index (χ3n) is 2.95. The van der Waals surface area contributed by atoms with Gasteiger partial charge in [-0.25, -0.2) is 0 Å². The van der Waals surface area contributed by atoms with Crippen molar-refractivity contribution in [2.75, 3.05) is 0 Å². The Hall–Kier alpha value is -0.300. The minimum absolute atomic E-state index is 0.408. The van der Waals surface area contributed by atoms with Gasteiger partial charge in [0.15, 0.2) is 0 Å². The summed E-state index contributed by atoms with van der Waals surface area (Å²) in [6.45, 7) is 8.35. The van der Waals surface area contributed by atoms with Crippen molar-refractivity contribution in [2.45, 2.75) is 39.2 Å². The molecule has 1 saturated carbocycles. The fraction of sp³-hybridized carbons (Fsp3) is 0.800. The summed E-state index contributed by atoms with van der Waals surface area (Å²) in [5, 5.41) is 0. The third kappa shape index (κ3) is 2.06. The molecule has 0 radical (unpaired) electrons. The van der Waals surface area contributed by atoms with Crippen LogP contribution in [0.5, 0.6) is 0 Å². The number of hydrogen-bond donors (Lipinski definition) is 1. The van der Waals surface area contributed by atoms with Gasteiger partial charge in [-0.15, -0.1) is 0 Å². The van der Waals surface area contributed by atoms with E-state index in [1.54, 1.807) is 0 Å². The van der Waals surface area contributed by atoms with Crippen LogP contribution in [0.4, 0.5) is 0 Å². The second-order valence-corrected chi connectivity index (χ2v) is 4.00. The molecule has 1 rings (SSSR count). The molecule has 0 saturated heterocycles. The molecular weight excluding hydrogens is 134 g/mol. The molecule has 1 nitrogen and oxygen atoms in total. The van der Waals surface area contributed by atoms with Crippen molar-refractivity contribution in [1.29, 1.82) is 0 Å². The van der Waals surface area contributed by atoms with E-state index in [2.05, 4.69) is 20.4 Å².